The number of hydrogen-bond acceptors (Lipinski definition) is 2. The number of nitrogens with one attached hydrogen (secondary N) is 1. The van der Waals surface area contributed by atoms with Crippen LogP contribution in [0.3, 0.4) is 0 Å². The van der Waals surface area contributed by atoms with E-state index in [0.717, 1.165) is 0 Å². The third-order valence-corrected chi connectivity index (χ3v) is 4.12. The highest BCUT2D eigenvalue weighted by Crippen LogP contribution is 2.29. The van der Waals surface area contributed by atoms with Gasteiger partial charge in [-0.25, -0.2) is 0 Å². The molecule has 0 unspecified atom stereocenters. The number of ether oxygens (including phenoxy) is 1. The molecule has 2 aromatic rings. The fourth-order valence-corrected chi connectivity index (χ4v) is 2.38. The Kier molecular flexibility index (Phi) is 5.51. The Morgan fingerprint density at radius 1 is 1.24 bits per heavy atom. The van der Waals surface area contributed by atoms with Gasteiger partial charge in [0.25, 0.3) is 5.91 Å². The molecule has 0 aliphatic heterocycles. The van der Waals surface area contributed by atoms with E-state index in [9.17, 15) is 4.79 Å². The smallest absolute Gasteiger partial charge is 0.255 e. The first-order valence-electron chi connectivity index (χ1n) is 6.20. The van der Waals surface area contributed by atoms with Gasteiger partial charge in [-0.05, 0) is 59.3 Å². The number of benzene rings is 2. The second-order valence-corrected chi connectivity index (χ2v) is 5.85. The van der Waals surface area contributed by atoms with Gasteiger partial charge in [-0.1, -0.05) is 23.2 Å². The van der Waals surface area contributed by atoms with Crippen molar-refractivity contribution >= 4 is 50.7 Å². The van der Waals surface area contributed by atoms with E-state index in [1.54, 1.807) is 36.4 Å². The fraction of sp³-hybridized carbons (Fsp3) is 0.133. The first-order chi connectivity index (χ1) is 10.0. The first-order valence-corrected chi connectivity index (χ1v) is 7.75. The SMILES string of the molecule is CCOc1ccc(Cl)cc1NC(=O)c1ccc(Cl)c(Br)c1. The summed E-state index contributed by atoms with van der Waals surface area (Å²) in [4.78, 5) is 12.3. The van der Waals surface area contributed by atoms with Crippen molar-refractivity contribution in [1.29, 1.82) is 0 Å². The van der Waals surface area contributed by atoms with Gasteiger partial charge in [0, 0.05) is 15.1 Å². The van der Waals surface area contributed by atoms with Crippen molar-refractivity contribution in [3.05, 3.63) is 56.5 Å². The summed E-state index contributed by atoms with van der Waals surface area (Å²) in [6.45, 7) is 2.37. The van der Waals surface area contributed by atoms with Gasteiger partial charge in [0.1, 0.15) is 5.75 Å². The van der Waals surface area contributed by atoms with Gasteiger partial charge in [0.15, 0.2) is 0 Å². The predicted molar refractivity (Wildman–Crippen MR) is 89.7 cm³/mol. The maximum Gasteiger partial charge on any atom is 0.255 e. The van der Waals surface area contributed by atoms with Gasteiger partial charge in [-0.15, -0.1) is 0 Å². The molecule has 2 aromatic carbocycles. The number of rotatable bonds is 4. The lowest BCUT2D eigenvalue weighted by Crippen LogP contribution is -2.13. The molecule has 110 valence electrons. The van der Waals surface area contributed by atoms with Gasteiger partial charge in [0.2, 0.25) is 0 Å². The second kappa shape index (κ2) is 7.16. The van der Waals surface area contributed by atoms with Crippen LogP contribution in [-0.2, 0) is 0 Å². The molecule has 0 aromatic heterocycles. The van der Waals surface area contributed by atoms with Crippen LogP contribution in [0.4, 0.5) is 5.69 Å². The van der Waals surface area contributed by atoms with Crippen LogP contribution in [0.5, 0.6) is 5.75 Å². The number of carbonyl (C=O) groups excluding carboxylic acids is 1. The van der Waals surface area contributed by atoms with Crippen LogP contribution >= 0.6 is 39.1 Å². The minimum absolute atomic E-state index is 0.268. The van der Waals surface area contributed by atoms with Gasteiger partial charge in [-0.3, -0.25) is 4.79 Å². The summed E-state index contributed by atoms with van der Waals surface area (Å²) in [5, 5.41) is 3.85. The van der Waals surface area contributed by atoms with Crippen LogP contribution in [-0.4, -0.2) is 12.5 Å². The summed E-state index contributed by atoms with van der Waals surface area (Å²) in [6.07, 6.45) is 0. The molecule has 0 atom stereocenters. The quantitative estimate of drug-likeness (QED) is 0.760. The lowest BCUT2D eigenvalue weighted by Gasteiger charge is -2.12. The highest BCUT2D eigenvalue weighted by molar-refractivity contribution is 9.10. The number of anilines is 1. The Balaban J connectivity index is 2.26. The average Bonchev–Trinajstić information content (AvgIpc) is 2.45. The summed E-state index contributed by atoms with van der Waals surface area (Å²) in [6, 6.07) is 10.0. The molecule has 0 spiro atoms. The summed E-state index contributed by atoms with van der Waals surface area (Å²) in [5.41, 5.74) is 1.01. The third kappa shape index (κ3) is 4.13. The molecule has 3 nitrogen and oxygen atoms in total. The Morgan fingerprint density at radius 2 is 2.00 bits per heavy atom. The Morgan fingerprint density at radius 3 is 2.67 bits per heavy atom. The van der Waals surface area contributed by atoms with Crippen molar-refractivity contribution in [3.8, 4) is 5.75 Å². The molecule has 6 heteroatoms. The van der Waals surface area contributed by atoms with E-state index in [4.69, 9.17) is 27.9 Å². The monoisotopic (exact) mass is 387 g/mol. The highest BCUT2D eigenvalue weighted by atomic mass is 79.9. The first kappa shape index (κ1) is 16.1. The van der Waals surface area contributed by atoms with E-state index in [2.05, 4.69) is 21.2 Å². The molecular weight excluding hydrogens is 377 g/mol. The van der Waals surface area contributed by atoms with Gasteiger partial charge in [-0.2, -0.15) is 0 Å². The van der Waals surface area contributed by atoms with E-state index in [1.165, 1.54) is 0 Å². The Bertz CT molecular complexity index is 677. The summed E-state index contributed by atoms with van der Waals surface area (Å²) < 4.78 is 6.13. The second-order valence-electron chi connectivity index (χ2n) is 4.16. The molecule has 1 amide bonds. The van der Waals surface area contributed by atoms with E-state index in [0.29, 0.717) is 38.1 Å². The zero-order valence-corrected chi connectivity index (χ0v) is 14.2. The maximum absolute atomic E-state index is 12.3. The zero-order valence-electron chi connectivity index (χ0n) is 11.1. The fourth-order valence-electron chi connectivity index (χ4n) is 1.71. The van der Waals surface area contributed by atoms with E-state index >= 15 is 0 Å². The van der Waals surface area contributed by atoms with Crippen LogP contribution in [0.1, 0.15) is 17.3 Å². The third-order valence-electron chi connectivity index (χ3n) is 2.67. The number of amides is 1. The molecule has 0 saturated carbocycles. The van der Waals surface area contributed by atoms with Crippen LogP contribution in [0, 0.1) is 0 Å². The highest BCUT2D eigenvalue weighted by Gasteiger charge is 2.12. The summed E-state index contributed by atoms with van der Waals surface area (Å²) >= 11 is 15.2. The van der Waals surface area contributed by atoms with Crippen molar-refractivity contribution < 1.29 is 9.53 Å². The summed E-state index contributed by atoms with van der Waals surface area (Å²) in [7, 11) is 0. The minimum Gasteiger partial charge on any atom is -0.492 e. The molecule has 0 saturated heterocycles. The molecule has 0 radical (unpaired) electrons. The van der Waals surface area contributed by atoms with E-state index in [1.807, 2.05) is 6.92 Å². The topological polar surface area (TPSA) is 38.3 Å². The number of halogens is 3. The van der Waals surface area contributed by atoms with Crippen molar-refractivity contribution in [1.82, 2.24) is 0 Å². The Hall–Kier alpha value is -1.23. The van der Waals surface area contributed by atoms with Crippen LogP contribution < -0.4 is 10.1 Å². The Labute approximate surface area is 141 Å². The van der Waals surface area contributed by atoms with Gasteiger partial charge >= 0.3 is 0 Å². The van der Waals surface area contributed by atoms with Crippen LogP contribution in [0.25, 0.3) is 0 Å². The predicted octanol–water partition coefficient (Wildman–Crippen LogP) is 5.41. The minimum atomic E-state index is -0.268. The lowest BCUT2D eigenvalue weighted by molar-refractivity contribution is 0.102. The van der Waals surface area contributed by atoms with Crippen LogP contribution in [0.15, 0.2) is 40.9 Å². The van der Waals surface area contributed by atoms with Gasteiger partial charge < -0.3 is 10.1 Å². The lowest BCUT2D eigenvalue weighted by atomic mass is 10.2. The van der Waals surface area contributed by atoms with Crippen molar-refractivity contribution in [2.75, 3.05) is 11.9 Å². The molecule has 21 heavy (non-hydrogen) atoms. The van der Waals surface area contributed by atoms with Crippen molar-refractivity contribution in [2.45, 2.75) is 6.92 Å². The molecule has 0 heterocycles. The molecule has 1 N–H and O–H groups in total. The number of carbonyl (C=O) groups is 1. The van der Waals surface area contributed by atoms with Crippen molar-refractivity contribution in [3.63, 3.8) is 0 Å². The molecule has 2 rings (SSSR count). The van der Waals surface area contributed by atoms with Crippen molar-refractivity contribution in [2.24, 2.45) is 0 Å². The molecular formula is C15H12BrCl2NO2. The standard InChI is InChI=1S/C15H12BrCl2NO2/c1-2-21-14-6-4-10(17)8-13(14)19-15(20)9-3-5-12(18)11(16)7-9/h3-8H,2H2,1H3,(H,19,20). The molecule has 0 aliphatic rings. The molecule has 0 bridgehead atoms. The average molecular weight is 389 g/mol. The number of hydrogen-bond donors (Lipinski definition) is 1. The zero-order chi connectivity index (χ0) is 15.4. The van der Waals surface area contributed by atoms with E-state index < -0.39 is 0 Å². The summed E-state index contributed by atoms with van der Waals surface area (Å²) in [5.74, 6) is 0.305. The van der Waals surface area contributed by atoms with E-state index in [-0.39, 0.29) is 5.91 Å². The maximum atomic E-state index is 12.3. The van der Waals surface area contributed by atoms with Crippen LogP contribution in [0.2, 0.25) is 10.0 Å². The molecule has 0 aliphatic carbocycles. The molecule has 0 fully saturated rings. The van der Waals surface area contributed by atoms with Gasteiger partial charge in [0.05, 0.1) is 17.3 Å². The normalized spacial score (nSPS) is 10.3. The largest absolute Gasteiger partial charge is 0.492 e.